The molecular weight excluding hydrogens is 171 g/mol. The predicted octanol–water partition coefficient (Wildman–Crippen LogP) is 3.25. The van der Waals surface area contributed by atoms with Crippen molar-refractivity contribution in [3.05, 3.63) is 40.7 Å². The molecule has 1 aromatic carbocycles. The third-order valence-corrected chi connectivity index (χ3v) is 1.80. The molecule has 0 bridgehead atoms. The second-order valence-corrected chi connectivity index (χ2v) is 2.52. The molecule has 0 atom stereocenters. The molecule has 0 aliphatic heterocycles. The molecule has 1 heterocycles. The molecule has 0 spiro atoms. The third kappa shape index (κ3) is 1.11. The van der Waals surface area contributed by atoms with Crippen molar-refractivity contribution in [1.82, 2.24) is 4.98 Å². The number of nitrogens with zero attached hydrogens (tertiary/aromatic N) is 3. The number of aromatic amines is 1. The van der Waals surface area contributed by atoms with Gasteiger partial charge >= 0.3 is 0 Å². The number of rotatable bonds is 1. The van der Waals surface area contributed by atoms with Crippen LogP contribution in [0.4, 0.5) is 10.1 Å². The van der Waals surface area contributed by atoms with Crippen molar-refractivity contribution < 1.29 is 4.39 Å². The number of hydrogen-bond donors (Lipinski definition) is 1. The zero-order valence-corrected chi connectivity index (χ0v) is 6.53. The zero-order valence-electron chi connectivity index (χ0n) is 6.53. The van der Waals surface area contributed by atoms with E-state index in [1.165, 1.54) is 12.1 Å². The standard InChI is InChI=1S/C8H5FN4/c9-6-1-2-7(12-13-10)8-5(6)3-4-11-8/h1-4,11H. The van der Waals surface area contributed by atoms with E-state index in [1.807, 2.05) is 0 Å². The van der Waals surface area contributed by atoms with Gasteiger partial charge in [0.2, 0.25) is 0 Å². The minimum atomic E-state index is -0.326. The van der Waals surface area contributed by atoms with Gasteiger partial charge in [0.25, 0.3) is 0 Å². The molecule has 5 heteroatoms. The van der Waals surface area contributed by atoms with E-state index >= 15 is 0 Å². The normalized spacial score (nSPS) is 9.92. The van der Waals surface area contributed by atoms with E-state index < -0.39 is 0 Å². The van der Waals surface area contributed by atoms with Crippen molar-refractivity contribution in [2.24, 2.45) is 5.11 Å². The van der Waals surface area contributed by atoms with Crippen molar-refractivity contribution in [2.45, 2.75) is 0 Å². The lowest BCUT2D eigenvalue weighted by Gasteiger charge is -1.95. The Morgan fingerprint density at radius 3 is 3.00 bits per heavy atom. The van der Waals surface area contributed by atoms with E-state index in [4.69, 9.17) is 5.53 Å². The number of aromatic nitrogens is 1. The Balaban J connectivity index is 2.85. The Labute approximate surface area is 72.6 Å². The largest absolute Gasteiger partial charge is 0.361 e. The lowest BCUT2D eigenvalue weighted by molar-refractivity contribution is 0.640. The minimum Gasteiger partial charge on any atom is -0.361 e. The fourth-order valence-electron chi connectivity index (χ4n) is 1.24. The van der Waals surface area contributed by atoms with Gasteiger partial charge in [-0.05, 0) is 23.7 Å². The molecule has 0 saturated carbocycles. The van der Waals surface area contributed by atoms with Crippen molar-refractivity contribution in [3.8, 4) is 0 Å². The van der Waals surface area contributed by atoms with Crippen LogP contribution in [0, 0.1) is 5.82 Å². The highest BCUT2D eigenvalue weighted by atomic mass is 19.1. The van der Waals surface area contributed by atoms with Gasteiger partial charge in [-0.3, -0.25) is 0 Å². The maximum atomic E-state index is 13.1. The van der Waals surface area contributed by atoms with Crippen molar-refractivity contribution in [2.75, 3.05) is 0 Å². The lowest BCUT2D eigenvalue weighted by atomic mass is 10.2. The van der Waals surface area contributed by atoms with Crippen LogP contribution in [-0.4, -0.2) is 4.98 Å². The average Bonchev–Trinajstić information content (AvgIpc) is 2.59. The summed E-state index contributed by atoms with van der Waals surface area (Å²) in [5, 5.41) is 3.87. The maximum absolute atomic E-state index is 13.1. The molecule has 1 aromatic heterocycles. The van der Waals surface area contributed by atoms with E-state index in [-0.39, 0.29) is 5.82 Å². The van der Waals surface area contributed by atoms with Crippen molar-refractivity contribution in [3.63, 3.8) is 0 Å². The molecule has 0 aliphatic rings. The van der Waals surface area contributed by atoms with Crippen LogP contribution in [0.15, 0.2) is 29.5 Å². The summed E-state index contributed by atoms with van der Waals surface area (Å²) in [4.78, 5) is 5.46. The van der Waals surface area contributed by atoms with Gasteiger partial charge in [0.1, 0.15) is 5.82 Å². The van der Waals surface area contributed by atoms with Crippen LogP contribution in [0.25, 0.3) is 21.3 Å². The average molecular weight is 176 g/mol. The van der Waals surface area contributed by atoms with Crippen LogP contribution in [0.3, 0.4) is 0 Å². The number of fused-ring (bicyclic) bond motifs is 1. The molecule has 0 aliphatic carbocycles. The molecule has 2 rings (SSSR count). The molecule has 0 saturated heterocycles. The highest BCUT2D eigenvalue weighted by Gasteiger charge is 2.04. The molecule has 0 amide bonds. The molecule has 0 radical (unpaired) electrons. The summed E-state index contributed by atoms with van der Waals surface area (Å²) >= 11 is 0. The number of nitrogens with one attached hydrogen (secondary N) is 1. The first kappa shape index (κ1) is 7.64. The van der Waals surface area contributed by atoms with Gasteiger partial charge in [0, 0.05) is 16.5 Å². The van der Waals surface area contributed by atoms with Gasteiger partial charge in [-0.25, -0.2) is 4.39 Å². The van der Waals surface area contributed by atoms with Gasteiger partial charge in [0.05, 0.1) is 11.2 Å². The highest BCUT2D eigenvalue weighted by Crippen LogP contribution is 2.26. The van der Waals surface area contributed by atoms with Gasteiger partial charge in [-0.1, -0.05) is 5.11 Å². The second kappa shape index (κ2) is 2.80. The van der Waals surface area contributed by atoms with E-state index in [9.17, 15) is 4.39 Å². The molecule has 13 heavy (non-hydrogen) atoms. The van der Waals surface area contributed by atoms with E-state index in [0.717, 1.165) is 0 Å². The van der Waals surface area contributed by atoms with Crippen LogP contribution >= 0.6 is 0 Å². The third-order valence-electron chi connectivity index (χ3n) is 1.80. The summed E-state index contributed by atoms with van der Waals surface area (Å²) in [6.45, 7) is 0. The Morgan fingerprint density at radius 2 is 2.23 bits per heavy atom. The first-order valence-corrected chi connectivity index (χ1v) is 3.63. The summed E-state index contributed by atoms with van der Waals surface area (Å²) in [6, 6.07) is 4.31. The van der Waals surface area contributed by atoms with Gasteiger partial charge < -0.3 is 4.98 Å². The van der Waals surface area contributed by atoms with E-state index in [2.05, 4.69) is 15.0 Å². The van der Waals surface area contributed by atoms with Crippen LogP contribution in [-0.2, 0) is 0 Å². The van der Waals surface area contributed by atoms with E-state index in [1.54, 1.807) is 12.3 Å². The number of hydrogen-bond acceptors (Lipinski definition) is 1. The molecule has 2 aromatic rings. The molecule has 64 valence electrons. The van der Waals surface area contributed by atoms with Crippen LogP contribution in [0.5, 0.6) is 0 Å². The zero-order chi connectivity index (χ0) is 9.26. The Kier molecular flexibility index (Phi) is 1.65. The van der Waals surface area contributed by atoms with Crippen LogP contribution in [0.2, 0.25) is 0 Å². The first-order valence-electron chi connectivity index (χ1n) is 3.63. The topological polar surface area (TPSA) is 64.6 Å². The molecule has 0 unspecified atom stereocenters. The van der Waals surface area contributed by atoms with Gasteiger partial charge in [-0.2, -0.15) is 0 Å². The molecule has 4 nitrogen and oxygen atoms in total. The fourth-order valence-corrected chi connectivity index (χ4v) is 1.24. The van der Waals surface area contributed by atoms with Crippen LogP contribution < -0.4 is 0 Å². The molecular formula is C8H5FN4. The first-order chi connectivity index (χ1) is 6.33. The summed E-state index contributed by atoms with van der Waals surface area (Å²) in [5.41, 5.74) is 9.17. The molecule has 0 fully saturated rings. The summed E-state index contributed by atoms with van der Waals surface area (Å²) in [5.74, 6) is -0.326. The predicted molar refractivity (Wildman–Crippen MR) is 47.1 cm³/mol. The number of H-pyrrole nitrogens is 1. The van der Waals surface area contributed by atoms with Crippen molar-refractivity contribution in [1.29, 1.82) is 0 Å². The summed E-state index contributed by atoms with van der Waals surface area (Å²) in [7, 11) is 0. The Morgan fingerprint density at radius 1 is 1.38 bits per heavy atom. The highest BCUT2D eigenvalue weighted by molar-refractivity contribution is 5.89. The van der Waals surface area contributed by atoms with Gasteiger partial charge in [-0.15, -0.1) is 0 Å². The minimum absolute atomic E-state index is 0.326. The summed E-state index contributed by atoms with van der Waals surface area (Å²) in [6.07, 6.45) is 1.60. The molecule has 1 N–H and O–H groups in total. The smallest absolute Gasteiger partial charge is 0.132 e. The summed E-state index contributed by atoms with van der Waals surface area (Å²) < 4.78 is 13.1. The van der Waals surface area contributed by atoms with E-state index in [0.29, 0.717) is 16.6 Å². The van der Waals surface area contributed by atoms with Gasteiger partial charge in [0.15, 0.2) is 0 Å². The number of halogens is 1. The second-order valence-electron chi connectivity index (χ2n) is 2.52. The Bertz CT molecular complexity index is 496. The van der Waals surface area contributed by atoms with Crippen molar-refractivity contribution >= 4 is 16.6 Å². The number of benzene rings is 1. The SMILES string of the molecule is [N-]=[N+]=Nc1ccc(F)c2cc[nH]c12. The van der Waals surface area contributed by atoms with Crippen LogP contribution in [0.1, 0.15) is 0 Å². The number of azide groups is 1. The lowest BCUT2D eigenvalue weighted by Crippen LogP contribution is -1.75. The quantitative estimate of drug-likeness (QED) is 0.393. The fraction of sp³-hybridized carbons (Fsp3) is 0. The Hall–Kier alpha value is -2.00. The maximum Gasteiger partial charge on any atom is 0.132 e. The monoisotopic (exact) mass is 176 g/mol.